The zero-order valence-corrected chi connectivity index (χ0v) is 13.8. The van der Waals surface area contributed by atoms with E-state index in [1.807, 2.05) is 12.1 Å². The van der Waals surface area contributed by atoms with Crippen molar-refractivity contribution in [1.29, 1.82) is 0 Å². The Balaban J connectivity index is 2.37. The molecule has 0 spiro atoms. The number of nitrogens with two attached hydrogens (primary N) is 1. The lowest BCUT2D eigenvalue weighted by Crippen LogP contribution is -1.97. The molecule has 0 atom stereocenters. The molecular weight excluding hydrogens is 397 g/mol. The highest BCUT2D eigenvalue weighted by Gasteiger charge is 2.08. The molecule has 100 valence electrons. The zero-order chi connectivity index (χ0) is 14.0. The van der Waals surface area contributed by atoms with E-state index >= 15 is 0 Å². The Hall–Kier alpha value is -0.980. The van der Waals surface area contributed by atoms with Crippen LogP contribution in [0.5, 0.6) is 5.75 Å². The van der Waals surface area contributed by atoms with E-state index in [0.29, 0.717) is 22.4 Å². The average Bonchev–Trinajstić information content (AvgIpc) is 2.31. The van der Waals surface area contributed by atoms with Gasteiger partial charge in [-0.1, -0.05) is 11.6 Å². The first-order valence-corrected chi connectivity index (χ1v) is 7.19. The Morgan fingerprint density at radius 2 is 1.95 bits per heavy atom. The van der Waals surface area contributed by atoms with Crippen LogP contribution in [0.4, 0.5) is 17.2 Å². The number of rotatable bonds is 3. The number of aromatic nitrogens is 1. The monoisotopic (exact) mass is 405 g/mol. The van der Waals surface area contributed by atoms with E-state index in [1.54, 1.807) is 19.2 Å². The second-order valence-corrected chi connectivity index (χ2v) is 5.80. The van der Waals surface area contributed by atoms with Gasteiger partial charge in [-0.3, -0.25) is 0 Å². The Bertz CT molecular complexity index is 602. The van der Waals surface area contributed by atoms with Gasteiger partial charge in [0.05, 0.1) is 17.3 Å². The standard InChI is InChI=1S/C12H10Br2ClN3O/c1-19-10-5-9(7(13)4-8(10)14)17-12-3-6(16)2-11(15)18-12/h2-5H,1H3,(H3,16,17,18). The minimum absolute atomic E-state index is 0.336. The van der Waals surface area contributed by atoms with Gasteiger partial charge in [-0.05, 0) is 44.0 Å². The number of halogens is 3. The van der Waals surface area contributed by atoms with Crippen LogP contribution < -0.4 is 15.8 Å². The van der Waals surface area contributed by atoms with E-state index in [-0.39, 0.29) is 0 Å². The fourth-order valence-corrected chi connectivity index (χ4v) is 2.97. The molecule has 2 rings (SSSR count). The van der Waals surface area contributed by atoms with Crippen LogP contribution in [0.15, 0.2) is 33.2 Å². The minimum atomic E-state index is 0.336. The number of nitrogens with zero attached hydrogens (tertiary/aromatic N) is 1. The summed E-state index contributed by atoms with van der Waals surface area (Å²) in [4.78, 5) is 4.15. The molecule has 0 saturated heterocycles. The van der Waals surface area contributed by atoms with E-state index in [2.05, 4.69) is 42.2 Å². The summed E-state index contributed by atoms with van der Waals surface area (Å²) >= 11 is 12.7. The fraction of sp³-hybridized carbons (Fsp3) is 0.0833. The SMILES string of the molecule is COc1cc(Nc2cc(N)cc(Cl)n2)c(Br)cc1Br. The number of hydrogen-bond donors (Lipinski definition) is 2. The highest BCUT2D eigenvalue weighted by atomic mass is 79.9. The van der Waals surface area contributed by atoms with Gasteiger partial charge in [0.2, 0.25) is 0 Å². The maximum absolute atomic E-state index is 5.86. The van der Waals surface area contributed by atoms with Crippen molar-refractivity contribution in [3.63, 3.8) is 0 Å². The molecule has 0 saturated carbocycles. The molecule has 0 aliphatic rings. The van der Waals surface area contributed by atoms with Crippen molar-refractivity contribution in [3.8, 4) is 5.75 Å². The number of hydrogen-bond acceptors (Lipinski definition) is 4. The van der Waals surface area contributed by atoms with Crippen molar-refractivity contribution in [3.05, 3.63) is 38.4 Å². The van der Waals surface area contributed by atoms with Crippen LogP contribution in [0.1, 0.15) is 0 Å². The first-order chi connectivity index (χ1) is 8.99. The van der Waals surface area contributed by atoms with Crippen molar-refractivity contribution in [1.82, 2.24) is 4.98 Å². The summed E-state index contributed by atoms with van der Waals surface area (Å²) in [5, 5.41) is 3.47. The van der Waals surface area contributed by atoms with Crippen LogP contribution in [0.25, 0.3) is 0 Å². The van der Waals surface area contributed by atoms with Gasteiger partial charge in [-0.2, -0.15) is 0 Å². The molecule has 3 N–H and O–H groups in total. The molecule has 0 amide bonds. The number of nitrogens with one attached hydrogen (secondary N) is 1. The maximum Gasteiger partial charge on any atom is 0.135 e. The third-order valence-corrected chi connectivity index (χ3v) is 3.79. The predicted octanol–water partition coefficient (Wildman–Crippen LogP) is 4.59. The summed E-state index contributed by atoms with van der Waals surface area (Å²) < 4.78 is 6.96. The maximum atomic E-state index is 5.86. The van der Waals surface area contributed by atoms with Crippen LogP contribution >= 0.6 is 43.5 Å². The van der Waals surface area contributed by atoms with Crippen molar-refractivity contribution >= 4 is 60.7 Å². The van der Waals surface area contributed by atoms with Gasteiger partial charge in [0.15, 0.2) is 0 Å². The molecule has 0 fully saturated rings. The number of ether oxygens (including phenoxy) is 1. The van der Waals surface area contributed by atoms with Gasteiger partial charge < -0.3 is 15.8 Å². The summed E-state index contributed by atoms with van der Waals surface area (Å²) in [6.07, 6.45) is 0. The first-order valence-electron chi connectivity index (χ1n) is 5.22. The van der Waals surface area contributed by atoms with Crippen molar-refractivity contribution in [2.24, 2.45) is 0 Å². The van der Waals surface area contributed by atoms with Crippen molar-refractivity contribution in [2.45, 2.75) is 0 Å². The lowest BCUT2D eigenvalue weighted by molar-refractivity contribution is 0.412. The summed E-state index contributed by atoms with van der Waals surface area (Å²) in [5.74, 6) is 1.27. The highest BCUT2D eigenvalue weighted by Crippen LogP contribution is 2.36. The predicted molar refractivity (Wildman–Crippen MR) is 85.3 cm³/mol. The smallest absolute Gasteiger partial charge is 0.135 e. The lowest BCUT2D eigenvalue weighted by atomic mass is 10.3. The Labute approximate surface area is 132 Å². The summed E-state index contributed by atoms with van der Waals surface area (Å²) in [6, 6.07) is 7.01. The zero-order valence-electron chi connectivity index (χ0n) is 9.88. The number of pyridine rings is 1. The number of nitrogen functional groups attached to an aromatic ring is 1. The van der Waals surface area contributed by atoms with E-state index in [9.17, 15) is 0 Å². The third kappa shape index (κ3) is 3.52. The second-order valence-electron chi connectivity index (χ2n) is 3.70. The normalized spacial score (nSPS) is 10.3. The quantitative estimate of drug-likeness (QED) is 0.731. The summed E-state index contributed by atoms with van der Waals surface area (Å²) in [6.45, 7) is 0. The molecule has 0 unspecified atom stereocenters. The van der Waals surface area contributed by atoms with Gasteiger partial charge in [0, 0.05) is 22.3 Å². The van der Waals surface area contributed by atoms with E-state index in [0.717, 1.165) is 14.6 Å². The van der Waals surface area contributed by atoms with Crippen LogP contribution in [-0.2, 0) is 0 Å². The summed E-state index contributed by atoms with van der Waals surface area (Å²) in [7, 11) is 1.60. The third-order valence-electron chi connectivity index (χ3n) is 2.32. The largest absolute Gasteiger partial charge is 0.495 e. The molecule has 4 nitrogen and oxygen atoms in total. The molecule has 0 radical (unpaired) electrons. The van der Waals surface area contributed by atoms with E-state index in [1.165, 1.54) is 0 Å². The average molecular weight is 407 g/mol. The van der Waals surface area contributed by atoms with Crippen LogP contribution in [0.3, 0.4) is 0 Å². The Kier molecular flexibility index (Phi) is 4.54. The lowest BCUT2D eigenvalue weighted by Gasteiger charge is -2.12. The van der Waals surface area contributed by atoms with Gasteiger partial charge in [0.25, 0.3) is 0 Å². The van der Waals surface area contributed by atoms with E-state index in [4.69, 9.17) is 22.1 Å². The molecule has 1 heterocycles. The fourth-order valence-electron chi connectivity index (χ4n) is 1.50. The molecule has 0 bridgehead atoms. The van der Waals surface area contributed by atoms with Crippen molar-refractivity contribution < 1.29 is 4.74 Å². The minimum Gasteiger partial charge on any atom is -0.495 e. The van der Waals surface area contributed by atoms with Gasteiger partial charge in [-0.25, -0.2) is 4.98 Å². The molecule has 0 aliphatic carbocycles. The first kappa shape index (κ1) is 14.4. The molecule has 1 aromatic carbocycles. The molecule has 7 heteroatoms. The molecule has 2 aromatic rings. The van der Waals surface area contributed by atoms with Crippen LogP contribution in [0, 0.1) is 0 Å². The Morgan fingerprint density at radius 1 is 1.21 bits per heavy atom. The number of anilines is 3. The van der Waals surface area contributed by atoms with Gasteiger partial charge in [0.1, 0.15) is 16.7 Å². The molecular formula is C12H10Br2ClN3O. The van der Waals surface area contributed by atoms with Crippen LogP contribution in [0.2, 0.25) is 5.15 Å². The van der Waals surface area contributed by atoms with Gasteiger partial charge >= 0.3 is 0 Å². The van der Waals surface area contributed by atoms with Crippen molar-refractivity contribution in [2.75, 3.05) is 18.2 Å². The molecule has 0 aliphatic heterocycles. The molecule has 19 heavy (non-hydrogen) atoms. The topological polar surface area (TPSA) is 60.2 Å². The number of methoxy groups -OCH3 is 1. The van der Waals surface area contributed by atoms with Gasteiger partial charge in [-0.15, -0.1) is 0 Å². The summed E-state index contributed by atoms with van der Waals surface area (Å²) in [5.41, 5.74) is 7.07. The van der Waals surface area contributed by atoms with E-state index < -0.39 is 0 Å². The number of benzene rings is 1. The van der Waals surface area contributed by atoms with Crippen LogP contribution in [-0.4, -0.2) is 12.1 Å². The molecule has 1 aromatic heterocycles. The Morgan fingerprint density at radius 3 is 2.58 bits per heavy atom. The second kappa shape index (κ2) is 5.98. The highest BCUT2D eigenvalue weighted by molar-refractivity contribution is 9.11.